The van der Waals surface area contributed by atoms with E-state index in [0.717, 1.165) is 12.1 Å². The Hall–Kier alpha value is -2.37. The van der Waals surface area contributed by atoms with Gasteiger partial charge in [-0.25, -0.2) is 4.79 Å². The second kappa shape index (κ2) is 4.92. The molecule has 1 aromatic carbocycles. The first-order valence-electron chi connectivity index (χ1n) is 4.25. The number of benzene rings is 1. The number of methoxy groups -OCH3 is 1. The summed E-state index contributed by atoms with van der Waals surface area (Å²) in [6.07, 6.45) is 0.968. The van der Waals surface area contributed by atoms with Gasteiger partial charge in [0.25, 0.3) is 0 Å². The maximum Gasteiger partial charge on any atom is 0.335 e. The molecule has 1 aromatic rings. The van der Waals surface area contributed by atoms with Crippen LogP contribution in [-0.2, 0) is 4.79 Å². The van der Waals surface area contributed by atoms with Crippen LogP contribution in [0.5, 0.6) is 11.5 Å². The van der Waals surface area contributed by atoms with Gasteiger partial charge >= 0.3 is 11.7 Å². The maximum absolute atomic E-state index is 10.9. The minimum absolute atomic E-state index is 0.0670. The van der Waals surface area contributed by atoms with Gasteiger partial charge in [0.1, 0.15) is 5.75 Å². The molecule has 0 fully saturated rings. The van der Waals surface area contributed by atoms with Gasteiger partial charge in [-0.1, -0.05) is 6.58 Å². The quantitative estimate of drug-likeness (QED) is 0.255. The summed E-state index contributed by atoms with van der Waals surface area (Å²) in [5.74, 6) is -0.514. The molecule has 0 saturated heterocycles. The Bertz CT molecular complexity index is 441. The molecular formula is C10H9NO5. The van der Waals surface area contributed by atoms with E-state index in [2.05, 4.69) is 6.58 Å². The highest BCUT2D eigenvalue weighted by Crippen LogP contribution is 2.30. The Morgan fingerprint density at radius 2 is 2.25 bits per heavy atom. The Labute approximate surface area is 91.2 Å². The van der Waals surface area contributed by atoms with Gasteiger partial charge in [-0.2, -0.15) is 0 Å². The Morgan fingerprint density at radius 3 is 2.75 bits per heavy atom. The highest BCUT2D eigenvalue weighted by atomic mass is 16.6. The van der Waals surface area contributed by atoms with E-state index in [1.165, 1.54) is 19.2 Å². The van der Waals surface area contributed by atoms with Crippen molar-refractivity contribution >= 4 is 11.7 Å². The van der Waals surface area contributed by atoms with Crippen molar-refractivity contribution in [2.75, 3.05) is 7.11 Å². The molecule has 16 heavy (non-hydrogen) atoms. The molecule has 0 unspecified atom stereocenters. The number of esters is 1. The lowest BCUT2D eigenvalue weighted by atomic mass is 10.3. The first-order chi connectivity index (χ1) is 7.58. The van der Waals surface area contributed by atoms with Gasteiger partial charge in [-0.3, -0.25) is 10.1 Å². The van der Waals surface area contributed by atoms with Crippen LogP contribution in [0.15, 0.2) is 30.9 Å². The van der Waals surface area contributed by atoms with Crippen molar-refractivity contribution in [3.05, 3.63) is 41.0 Å². The van der Waals surface area contributed by atoms with Crippen molar-refractivity contribution < 1.29 is 19.2 Å². The van der Waals surface area contributed by atoms with Crippen LogP contribution in [0.2, 0.25) is 0 Å². The SMILES string of the molecule is C=CC(=O)Oc1ccc(OC)c([N+](=O)[O-])c1. The molecule has 0 heterocycles. The van der Waals surface area contributed by atoms with Crippen molar-refractivity contribution in [1.29, 1.82) is 0 Å². The van der Waals surface area contributed by atoms with E-state index in [-0.39, 0.29) is 17.2 Å². The van der Waals surface area contributed by atoms with Crippen molar-refractivity contribution in [3.63, 3.8) is 0 Å². The van der Waals surface area contributed by atoms with Gasteiger partial charge in [0.2, 0.25) is 0 Å². The fraction of sp³-hybridized carbons (Fsp3) is 0.100. The molecule has 0 saturated carbocycles. The van der Waals surface area contributed by atoms with Crippen LogP contribution in [0, 0.1) is 10.1 Å². The zero-order valence-electron chi connectivity index (χ0n) is 8.50. The molecule has 0 aliphatic heterocycles. The van der Waals surface area contributed by atoms with E-state index in [0.29, 0.717) is 0 Å². The Balaban J connectivity index is 3.06. The fourth-order valence-electron chi connectivity index (χ4n) is 1.03. The third-order valence-electron chi connectivity index (χ3n) is 1.73. The van der Waals surface area contributed by atoms with Crippen molar-refractivity contribution in [2.45, 2.75) is 0 Å². The van der Waals surface area contributed by atoms with Crippen LogP contribution in [0.4, 0.5) is 5.69 Å². The third kappa shape index (κ3) is 2.57. The molecule has 0 bridgehead atoms. The zero-order valence-corrected chi connectivity index (χ0v) is 8.50. The lowest BCUT2D eigenvalue weighted by Crippen LogP contribution is -2.03. The number of nitro groups is 1. The van der Waals surface area contributed by atoms with Gasteiger partial charge in [0.05, 0.1) is 18.1 Å². The predicted octanol–water partition coefficient (Wildman–Crippen LogP) is 1.69. The molecular weight excluding hydrogens is 214 g/mol. The van der Waals surface area contributed by atoms with Gasteiger partial charge in [-0.05, 0) is 12.1 Å². The molecule has 0 atom stereocenters. The lowest BCUT2D eigenvalue weighted by molar-refractivity contribution is -0.385. The number of hydrogen-bond donors (Lipinski definition) is 0. The summed E-state index contributed by atoms with van der Waals surface area (Å²) in [4.78, 5) is 20.9. The molecule has 84 valence electrons. The number of rotatable bonds is 4. The van der Waals surface area contributed by atoms with Crippen molar-refractivity contribution in [3.8, 4) is 11.5 Å². The van der Waals surface area contributed by atoms with E-state index in [9.17, 15) is 14.9 Å². The molecule has 1 rings (SSSR count). The van der Waals surface area contributed by atoms with Crippen LogP contribution in [0.25, 0.3) is 0 Å². The monoisotopic (exact) mass is 223 g/mol. The summed E-state index contributed by atoms with van der Waals surface area (Å²) in [6.45, 7) is 3.21. The maximum atomic E-state index is 10.9. The van der Waals surface area contributed by atoms with Crippen molar-refractivity contribution in [1.82, 2.24) is 0 Å². The largest absolute Gasteiger partial charge is 0.490 e. The molecule has 0 radical (unpaired) electrons. The molecule has 0 aliphatic carbocycles. The van der Waals surface area contributed by atoms with Crippen LogP contribution in [0.1, 0.15) is 0 Å². The minimum Gasteiger partial charge on any atom is -0.490 e. The average molecular weight is 223 g/mol. The molecule has 0 spiro atoms. The summed E-state index contributed by atoms with van der Waals surface area (Å²) in [5, 5.41) is 10.7. The number of carbonyl (C=O) groups excluding carboxylic acids is 1. The number of hydrogen-bond acceptors (Lipinski definition) is 5. The van der Waals surface area contributed by atoms with Crippen LogP contribution in [-0.4, -0.2) is 18.0 Å². The summed E-state index contributed by atoms with van der Waals surface area (Å²) < 4.78 is 9.53. The van der Waals surface area contributed by atoms with E-state index in [1.807, 2.05) is 0 Å². The average Bonchev–Trinajstić information content (AvgIpc) is 2.28. The lowest BCUT2D eigenvalue weighted by Gasteiger charge is -2.04. The summed E-state index contributed by atoms with van der Waals surface area (Å²) in [5.41, 5.74) is -0.267. The standard InChI is InChI=1S/C10H9NO5/c1-3-10(12)16-7-4-5-9(15-2)8(6-7)11(13)14/h3-6H,1H2,2H3. The van der Waals surface area contributed by atoms with Crippen molar-refractivity contribution in [2.24, 2.45) is 0 Å². The topological polar surface area (TPSA) is 78.7 Å². The number of carbonyl (C=O) groups is 1. The molecule has 0 aromatic heterocycles. The first-order valence-corrected chi connectivity index (χ1v) is 4.25. The number of nitrogens with zero attached hydrogens (tertiary/aromatic N) is 1. The number of nitro benzene ring substituents is 1. The number of ether oxygens (including phenoxy) is 2. The summed E-state index contributed by atoms with van der Waals surface area (Å²) >= 11 is 0. The van der Waals surface area contributed by atoms with E-state index in [1.54, 1.807) is 0 Å². The highest BCUT2D eigenvalue weighted by Gasteiger charge is 2.16. The molecule has 6 heteroatoms. The molecule has 0 amide bonds. The van der Waals surface area contributed by atoms with Gasteiger partial charge in [0, 0.05) is 6.08 Å². The first kappa shape index (κ1) is 11.7. The highest BCUT2D eigenvalue weighted by molar-refractivity contribution is 5.83. The Morgan fingerprint density at radius 1 is 1.56 bits per heavy atom. The third-order valence-corrected chi connectivity index (χ3v) is 1.73. The summed E-state index contributed by atoms with van der Waals surface area (Å²) in [7, 11) is 1.32. The van der Waals surface area contributed by atoms with Crippen LogP contribution in [0.3, 0.4) is 0 Å². The van der Waals surface area contributed by atoms with E-state index >= 15 is 0 Å². The molecule has 6 nitrogen and oxygen atoms in total. The molecule has 0 N–H and O–H groups in total. The zero-order chi connectivity index (χ0) is 12.1. The minimum atomic E-state index is -0.681. The van der Waals surface area contributed by atoms with Crippen LogP contribution < -0.4 is 9.47 Å². The van der Waals surface area contributed by atoms with E-state index < -0.39 is 10.9 Å². The fourth-order valence-corrected chi connectivity index (χ4v) is 1.03. The Kier molecular flexibility index (Phi) is 3.60. The van der Waals surface area contributed by atoms with Gasteiger partial charge in [-0.15, -0.1) is 0 Å². The van der Waals surface area contributed by atoms with Crippen LogP contribution >= 0.6 is 0 Å². The van der Waals surface area contributed by atoms with Gasteiger partial charge < -0.3 is 9.47 Å². The molecule has 0 aliphatic rings. The second-order valence-electron chi connectivity index (χ2n) is 2.72. The predicted molar refractivity (Wildman–Crippen MR) is 55.5 cm³/mol. The van der Waals surface area contributed by atoms with Gasteiger partial charge in [0.15, 0.2) is 5.75 Å². The smallest absolute Gasteiger partial charge is 0.335 e. The summed E-state index contributed by atoms with van der Waals surface area (Å²) in [6, 6.07) is 3.86. The second-order valence-corrected chi connectivity index (χ2v) is 2.72. The normalized spacial score (nSPS) is 9.31. The van der Waals surface area contributed by atoms with E-state index in [4.69, 9.17) is 9.47 Å².